The van der Waals surface area contributed by atoms with Crippen LogP contribution in [-0.2, 0) is 0 Å². The Balaban J connectivity index is 1.84. The molecule has 0 fully saturated rings. The predicted octanol–water partition coefficient (Wildman–Crippen LogP) is 3.30. The number of rotatable bonds is 3. The first-order chi connectivity index (χ1) is 13.0. The molecule has 7 heteroatoms. The summed E-state index contributed by atoms with van der Waals surface area (Å²) < 4.78 is 6.89. The second kappa shape index (κ2) is 6.35. The van der Waals surface area contributed by atoms with Crippen molar-refractivity contribution >= 4 is 11.0 Å². The van der Waals surface area contributed by atoms with Crippen molar-refractivity contribution in [2.24, 2.45) is 0 Å². The van der Waals surface area contributed by atoms with Gasteiger partial charge in [0.2, 0.25) is 5.82 Å². The minimum atomic E-state index is -0.651. The minimum absolute atomic E-state index is 0.133. The second-order valence-corrected chi connectivity index (χ2v) is 6.69. The first kappa shape index (κ1) is 17.0. The molecule has 2 heterocycles. The van der Waals surface area contributed by atoms with Gasteiger partial charge in [0.05, 0.1) is 11.0 Å². The molecule has 0 bridgehead atoms. The maximum Gasteiger partial charge on any atom is 0.316 e. The molecule has 0 unspecified atom stereocenters. The van der Waals surface area contributed by atoms with E-state index < -0.39 is 11.1 Å². The number of fused-ring (bicyclic) bond motifs is 1. The number of nitrogens with zero attached hydrogens (tertiary/aromatic N) is 3. The summed E-state index contributed by atoms with van der Waals surface area (Å²) in [4.78, 5) is 31.3. The highest BCUT2D eigenvalue weighted by Gasteiger charge is 2.15. The maximum atomic E-state index is 12.2. The van der Waals surface area contributed by atoms with Gasteiger partial charge in [-0.25, -0.2) is 0 Å². The average Bonchev–Trinajstić information content (AvgIpc) is 3.12. The van der Waals surface area contributed by atoms with E-state index in [2.05, 4.69) is 15.1 Å². The summed E-state index contributed by atoms with van der Waals surface area (Å²) in [6, 6.07) is 13.0. The van der Waals surface area contributed by atoms with Crippen molar-refractivity contribution < 1.29 is 4.52 Å². The van der Waals surface area contributed by atoms with E-state index in [1.807, 2.05) is 51.1 Å². The van der Waals surface area contributed by atoms with E-state index in [1.54, 1.807) is 12.1 Å². The summed E-state index contributed by atoms with van der Waals surface area (Å²) in [7, 11) is 0. The summed E-state index contributed by atoms with van der Waals surface area (Å²) in [6.07, 6.45) is 0. The molecule has 0 spiro atoms. The van der Waals surface area contributed by atoms with Crippen LogP contribution in [0.5, 0.6) is 0 Å². The summed E-state index contributed by atoms with van der Waals surface area (Å²) in [5.74, 6) is 0.849. The highest BCUT2D eigenvalue weighted by Crippen LogP contribution is 2.26. The SMILES string of the molecule is Cc1ccccc1-c1nc(-c2ccc3c(c2)[nH]c(=O)c(=O)n3C(C)C)no1. The van der Waals surface area contributed by atoms with Crippen LogP contribution in [0.1, 0.15) is 25.5 Å². The fraction of sp³-hybridized carbons (Fsp3) is 0.200. The second-order valence-electron chi connectivity index (χ2n) is 6.69. The van der Waals surface area contributed by atoms with Gasteiger partial charge in [0.25, 0.3) is 5.89 Å². The molecular weight excluding hydrogens is 344 g/mol. The van der Waals surface area contributed by atoms with Gasteiger partial charge in [-0.15, -0.1) is 0 Å². The molecule has 27 heavy (non-hydrogen) atoms. The Hall–Kier alpha value is -3.48. The molecule has 0 aliphatic heterocycles. The molecule has 0 saturated heterocycles. The van der Waals surface area contributed by atoms with Gasteiger partial charge in [0, 0.05) is 17.2 Å². The number of nitrogens with one attached hydrogen (secondary N) is 1. The third kappa shape index (κ3) is 2.87. The molecule has 0 aliphatic carbocycles. The Kier molecular flexibility index (Phi) is 3.99. The Bertz CT molecular complexity index is 1260. The van der Waals surface area contributed by atoms with Crippen LogP contribution < -0.4 is 11.1 Å². The standard InChI is InChI=1S/C20H18N4O3/c1-11(2)24-16-9-8-13(10-15(16)21-18(25)20(24)26)17-22-19(27-23-17)14-7-5-4-6-12(14)3/h4-11H,1-3H3,(H,21,25). The van der Waals surface area contributed by atoms with Gasteiger partial charge in [-0.05, 0) is 50.6 Å². The topological polar surface area (TPSA) is 93.8 Å². The average molecular weight is 362 g/mol. The molecule has 0 amide bonds. The molecule has 2 aromatic carbocycles. The van der Waals surface area contributed by atoms with E-state index >= 15 is 0 Å². The summed E-state index contributed by atoms with van der Waals surface area (Å²) >= 11 is 0. The first-order valence-corrected chi connectivity index (χ1v) is 8.64. The quantitative estimate of drug-likeness (QED) is 0.564. The summed E-state index contributed by atoms with van der Waals surface area (Å²) in [5.41, 5.74) is 2.59. The molecule has 136 valence electrons. The van der Waals surface area contributed by atoms with Crippen LogP contribution in [0, 0.1) is 6.92 Å². The van der Waals surface area contributed by atoms with Crippen LogP contribution in [-0.4, -0.2) is 19.7 Å². The highest BCUT2D eigenvalue weighted by atomic mass is 16.5. The van der Waals surface area contributed by atoms with Gasteiger partial charge >= 0.3 is 11.1 Å². The molecule has 7 nitrogen and oxygen atoms in total. The monoisotopic (exact) mass is 362 g/mol. The molecule has 2 aromatic heterocycles. The first-order valence-electron chi connectivity index (χ1n) is 8.64. The zero-order chi connectivity index (χ0) is 19.1. The van der Waals surface area contributed by atoms with E-state index in [0.29, 0.717) is 28.3 Å². The van der Waals surface area contributed by atoms with Crippen molar-refractivity contribution in [1.29, 1.82) is 0 Å². The maximum absolute atomic E-state index is 12.2. The molecule has 0 saturated carbocycles. The fourth-order valence-electron chi connectivity index (χ4n) is 3.16. The lowest BCUT2D eigenvalue weighted by molar-refractivity contribution is 0.432. The number of aromatic nitrogens is 4. The van der Waals surface area contributed by atoms with Gasteiger partial charge in [-0.1, -0.05) is 23.4 Å². The Morgan fingerprint density at radius 3 is 2.63 bits per heavy atom. The molecule has 1 N–H and O–H groups in total. The van der Waals surface area contributed by atoms with Gasteiger partial charge in [0.15, 0.2) is 0 Å². The third-order valence-electron chi connectivity index (χ3n) is 4.49. The van der Waals surface area contributed by atoms with Crippen molar-refractivity contribution in [2.45, 2.75) is 26.8 Å². The van der Waals surface area contributed by atoms with E-state index in [1.165, 1.54) is 4.57 Å². The lowest BCUT2D eigenvalue weighted by Gasteiger charge is -2.13. The molecule has 4 aromatic rings. The van der Waals surface area contributed by atoms with Crippen molar-refractivity contribution in [2.75, 3.05) is 0 Å². The van der Waals surface area contributed by atoms with Crippen molar-refractivity contribution in [3.05, 3.63) is 68.7 Å². The van der Waals surface area contributed by atoms with E-state index in [4.69, 9.17) is 4.52 Å². The minimum Gasteiger partial charge on any atom is -0.334 e. The normalized spacial score (nSPS) is 11.4. The summed E-state index contributed by atoms with van der Waals surface area (Å²) in [6.45, 7) is 5.70. The summed E-state index contributed by atoms with van der Waals surface area (Å²) in [5, 5.41) is 4.06. The number of H-pyrrole nitrogens is 1. The number of hydrogen-bond acceptors (Lipinski definition) is 5. The van der Waals surface area contributed by atoms with Crippen molar-refractivity contribution in [3.8, 4) is 22.8 Å². The van der Waals surface area contributed by atoms with Crippen molar-refractivity contribution in [1.82, 2.24) is 19.7 Å². The van der Waals surface area contributed by atoms with E-state index in [-0.39, 0.29) is 6.04 Å². The zero-order valence-corrected chi connectivity index (χ0v) is 15.2. The van der Waals surface area contributed by atoms with Crippen LogP contribution in [0.3, 0.4) is 0 Å². The van der Waals surface area contributed by atoms with E-state index in [9.17, 15) is 9.59 Å². The number of aromatic amines is 1. The van der Waals surface area contributed by atoms with Crippen LogP contribution in [0.2, 0.25) is 0 Å². The van der Waals surface area contributed by atoms with Gasteiger partial charge in [0.1, 0.15) is 0 Å². The molecular formula is C20H18N4O3. The molecule has 4 rings (SSSR count). The van der Waals surface area contributed by atoms with Crippen molar-refractivity contribution in [3.63, 3.8) is 0 Å². The lowest BCUT2D eigenvalue weighted by atomic mass is 10.1. The lowest BCUT2D eigenvalue weighted by Crippen LogP contribution is -2.37. The number of aryl methyl sites for hydroxylation is 1. The zero-order valence-electron chi connectivity index (χ0n) is 15.2. The Morgan fingerprint density at radius 1 is 1.11 bits per heavy atom. The smallest absolute Gasteiger partial charge is 0.316 e. The fourth-order valence-corrected chi connectivity index (χ4v) is 3.16. The van der Waals surface area contributed by atoms with Crippen LogP contribution >= 0.6 is 0 Å². The highest BCUT2D eigenvalue weighted by molar-refractivity contribution is 5.80. The third-order valence-corrected chi connectivity index (χ3v) is 4.49. The van der Waals surface area contributed by atoms with Crippen LogP contribution in [0.4, 0.5) is 0 Å². The molecule has 0 radical (unpaired) electrons. The number of benzene rings is 2. The molecule has 0 atom stereocenters. The van der Waals surface area contributed by atoms with E-state index in [0.717, 1.165) is 11.1 Å². The van der Waals surface area contributed by atoms with Gasteiger partial charge < -0.3 is 9.51 Å². The Morgan fingerprint density at radius 2 is 1.89 bits per heavy atom. The Labute approximate surface area is 154 Å². The van der Waals surface area contributed by atoms with Crippen LogP contribution in [0.25, 0.3) is 33.9 Å². The van der Waals surface area contributed by atoms with Gasteiger partial charge in [-0.2, -0.15) is 4.98 Å². The molecule has 0 aliphatic rings. The number of hydrogen-bond donors (Lipinski definition) is 1. The predicted molar refractivity (Wildman–Crippen MR) is 103 cm³/mol. The largest absolute Gasteiger partial charge is 0.334 e. The van der Waals surface area contributed by atoms with Gasteiger partial charge in [-0.3, -0.25) is 14.2 Å². The van der Waals surface area contributed by atoms with Crippen LogP contribution in [0.15, 0.2) is 56.6 Å².